The number of nitrogens with zero attached hydrogens (tertiary/aromatic N) is 4. The van der Waals surface area contributed by atoms with Crippen LogP contribution < -0.4 is 5.32 Å². The van der Waals surface area contributed by atoms with Crippen molar-refractivity contribution in [1.29, 1.82) is 0 Å². The van der Waals surface area contributed by atoms with Crippen LogP contribution in [-0.4, -0.2) is 31.8 Å². The molecular formula is C9H9ClF3N5. The smallest absolute Gasteiger partial charge is 0.367 e. The largest absolute Gasteiger partial charge is 0.391 e. The highest BCUT2D eigenvalue weighted by molar-refractivity contribution is 6.29. The number of nitrogens with one attached hydrogen (secondary N) is 1. The SMILES string of the molecule is CC(CC(F)(F)F)Nc1cc(Cl)nc2ncnn12. The minimum absolute atomic E-state index is 0.136. The van der Waals surface area contributed by atoms with Crippen molar-refractivity contribution >= 4 is 23.2 Å². The molecule has 2 rings (SSSR count). The minimum atomic E-state index is -4.23. The molecule has 0 radical (unpaired) electrons. The van der Waals surface area contributed by atoms with Gasteiger partial charge < -0.3 is 5.32 Å². The van der Waals surface area contributed by atoms with Crippen LogP contribution in [0.4, 0.5) is 19.0 Å². The molecule has 2 aromatic rings. The van der Waals surface area contributed by atoms with Crippen LogP contribution >= 0.6 is 11.6 Å². The Morgan fingerprint density at radius 1 is 1.50 bits per heavy atom. The van der Waals surface area contributed by atoms with Crippen molar-refractivity contribution in [2.24, 2.45) is 0 Å². The van der Waals surface area contributed by atoms with E-state index in [9.17, 15) is 13.2 Å². The first-order valence-corrected chi connectivity index (χ1v) is 5.42. The van der Waals surface area contributed by atoms with Crippen LogP contribution in [0.15, 0.2) is 12.4 Å². The van der Waals surface area contributed by atoms with E-state index < -0.39 is 18.6 Å². The maximum absolute atomic E-state index is 12.2. The number of anilines is 1. The van der Waals surface area contributed by atoms with Gasteiger partial charge in [0.25, 0.3) is 5.78 Å². The zero-order valence-corrected chi connectivity index (χ0v) is 10.00. The molecule has 0 spiro atoms. The van der Waals surface area contributed by atoms with E-state index >= 15 is 0 Å². The number of aromatic nitrogens is 4. The first-order valence-electron chi connectivity index (χ1n) is 5.05. The predicted octanol–water partition coefficient (Wildman–Crippen LogP) is 2.53. The van der Waals surface area contributed by atoms with E-state index in [-0.39, 0.29) is 10.9 Å². The molecule has 1 atom stereocenters. The third kappa shape index (κ3) is 3.00. The van der Waals surface area contributed by atoms with Gasteiger partial charge in [-0.1, -0.05) is 11.6 Å². The molecule has 18 heavy (non-hydrogen) atoms. The van der Waals surface area contributed by atoms with Crippen molar-refractivity contribution in [3.8, 4) is 0 Å². The molecule has 0 aliphatic rings. The van der Waals surface area contributed by atoms with E-state index in [1.807, 2.05) is 0 Å². The normalized spacial score (nSPS) is 13.8. The molecule has 0 saturated heterocycles. The molecule has 9 heteroatoms. The highest BCUT2D eigenvalue weighted by Crippen LogP contribution is 2.23. The summed E-state index contributed by atoms with van der Waals surface area (Å²) in [5.74, 6) is 0.545. The summed E-state index contributed by atoms with van der Waals surface area (Å²) in [6.07, 6.45) is -3.94. The van der Waals surface area contributed by atoms with Crippen molar-refractivity contribution in [2.45, 2.75) is 25.6 Å². The van der Waals surface area contributed by atoms with E-state index in [2.05, 4.69) is 20.4 Å². The molecule has 5 nitrogen and oxygen atoms in total. The number of hydrogen-bond acceptors (Lipinski definition) is 4. The lowest BCUT2D eigenvalue weighted by molar-refractivity contribution is -0.136. The Kier molecular flexibility index (Phi) is 3.29. The topological polar surface area (TPSA) is 55.1 Å². The molecule has 2 aromatic heterocycles. The third-order valence-corrected chi connectivity index (χ3v) is 2.35. The monoisotopic (exact) mass is 279 g/mol. The van der Waals surface area contributed by atoms with Gasteiger partial charge in [-0.3, -0.25) is 0 Å². The van der Waals surface area contributed by atoms with Crippen LogP contribution in [0.25, 0.3) is 5.78 Å². The van der Waals surface area contributed by atoms with Crippen molar-refractivity contribution < 1.29 is 13.2 Å². The van der Waals surface area contributed by atoms with E-state index in [0.29, 0.717) is 5.82 Å². The first-order chi connectivity index (χ1) is 8.35. The lowest BCUT2D eigenvalue weighted by Gasteiger charge is -2.17. The minimum Gasteiger partial charge on any atom is -0.367 e. The lowest BCUT2D eigenvalue weighted by atomic mass is 10.2. The Morgan fingerprint density at radius 3 is 2.89 bits per heavy atom. The van der Waals surface area contributed by atoms with Crippen LogP contribution in [0, 0.1) is 0 Å². The zero-order chi connectivity index (χ0) is 13.3. The summed E-state index contributed by atoms with van der Waals surface area (Å²) < 4.78 is 38.0. The third-order valence-electron chi connectivity index (χ3n) is 2.15. The molecule has 0 aliphatic carbocycles. The number of hydrogen-bond donors (Lipinski definition) is 1. The van der Waals surface area contributed by atoms with Crippen LogP contribution in [0.1, 0.15) is 13.3 Å². The summed E-state index contributed by atoms with van der Waals surface area (Å²) in [5.41, 5.74) is 0. The maximum atomic E-state index is 12.2. The average Bonchev–Trinajstić information content (AvgIpc) is 2.61. The second-order valence-electron chi connectivity index (χ2n) is 3.80. The summed E-state index contributed by atoms with van der Waals surface area (Å²) >= 11 is 5.74. The number of halogens is 4. The Labute approximate surface area is 105 Å². The second-order valence-corrected chi connectivity index (χ2v) is 4.19. The number of rotatable bonds is 3. The van der Waals surface area contributed by atoms with Gasteiger partial charge in [0, 0.05) is 12.1 Å². The second kappa shape index (κ2) is 4.60. The summed E-state index contributed by atoms with van der Waals surface area (Å²) in [4.78, 5) is 7.69. The highest BCUT2D eigenvalue weighted by Gasteiger charge is 2.30. The molecule has 0 fully saturated rings. The van der Waals surface area contributed by atoms with E-state index in [4.69, 9.17) is 11.6 Å². The van der Waals surface area contributed by atoms with Crippen LogP contribution in [0.5, 0.6) is 0 Å². The zero-order valence-electron chi connectivity index (χ0n) is 9.24. The van der Waals surface area contributed by atoms with Gasteiger partial charge in [-0.15, -0.1) is 0 Å². The highest BCUT2D eigenvalue weighted by atomic mass is 35.5. The fourth-order valence-corrected chi connectivity index (χ4v) is 1.72. The molecule has 0 amide bonds. The van der Waals surface area contributed by atoms with Gasteiger partial charge in [0.2, 0.25) is 0 Å². The Hall–Kier alpha value is -1.57. The van der Waals surface area contributed by atoms with E-state index in [1.54, 1.807) is 0 Å². The van der Waals surface area contributed by atoms with Gasteiger partial charge in [0.1, 0.15) is 17.3 Å². The standard InChI is InChI=1S/C9H9ClF3N5/c1-5(3-9(11,12)13)16-7-2-6(10)17-8-14-4-15-18(7)8/h2,4-5,16H,3H2,1H3. The van der Waals surface area contributed by atoms with Gasteiger partial charge in [0.15, 0.2) is 0 Å². The summed E-state index contributed by atoms with van der Waals surface area (Å²) in [6.45, 7) is 1.42. The van der Waals surface area contributed by atoms with Gasteiger partial charge in [-0.25, -0.2) is 0 Å². The van der Waals surface area contributed by atoms with Gasteiger partial charge in [0.05, 0.1) is 6.42 Å². The molecule has 1 unspecified atom stereocenters. The molecule has 0 aromatic carbocycles. The van der Waals surface area contributed by atoms with Crippen molar-refractivity contribution in [3.05, 3.63) is 17.5 Å². The fraction of sp³-hybridized carbons (Fsp3) is 0.444. The fourth-order valence-electron chi connectivity index (χ4n) is 1.54. The summed E-state index contributed by atoms with van der Waals surface area (Å²) in [6, 6.07) is 0.590. The first kappa shape index (κ1) is 12.9. The molecule has 2 heterocycles. The number of alkyl halides is 3. The van der Waals surface area contributed by atoms with Crippen molar-refractivity contribution in [3.63, 3.8) is 0 Å². The Balaban J connectivity index is 2.23. The summed E-state index contributed by atoms with van der Waals surface area (Å²) in [7, 11) is 0. The van der Waals surface area contributed by atoms with Gasteiger partial charge >= 0.3 is 6.18 Å². The average molecular weight is 280 g/mol. The van der Waals surface area contributed by atoms with Gasteiger partial charge in [-0.05, 0) is 6.92 Å². The van der Waals surface area contributed by atoms with Crippen LogP contribution in [-0.2, 0) is 0 Å². The lowest BCUT2D eigenvalue weighted by Crippen LogP contribution is -2.25. The van der Waals surface area contributed by atoms with E-state index in [0.717, 1.165) is 0 Å². The molecule has 0 bridgehead atoms. The Bertz CT molecular complexity index is 553. The van der Waals surface area contributed by atoms with Crippen LogP contribution in [0.3, 0.4) is 0 Å². The number of fused-ring (bicyclic) bond motifs is 1. The van der Waals surface area contributed by atoms with E-state index in [1.165, 1.54) is 23.8 Å². The predicted molar refractivity (Wildman–Crippen MR) is 59.5 cm³/mol. The van der Waals surface area contributed by atoms with Crippen molar-refractivity contribution in [2.75, 3.05) is 5.32 Å². The molecule has 0 saturated carbocycles. The van der Waals surface area contributed by atoms with Crippen molar-refractivity contribution in [1.82, 2.24) is 19.6 Å². The molecule has 98 valence electrons. The molecule has 1 N–H and O–H groups in total. The summed E-state index contributed by atoms with van der Waals surface area (Å²) in [5, 5.41) is 6.67. The molecule has 0 aliphatic heterocycles. The molecular weight excluding hydrogens is 271 g/mol. The maximum Gasteiger partial charge on any atom is 0.391 e. The quantitative estimate of drug-likeness (QED) is 0.877. The Morgan fingerprint density at radius 2 is 2.22 bits per heavy atom. The van der Waals surface area contributed by atoms with Crippen LogP contribution in [0.2, 0.25) is 5.15 Å². The van der Waals surface area contributed by atoms with Gasteiger partial charge in [-0.2, -0.15) is 32.8 Å².